The van der Waals surface area contributed by atoms with Gasteiger partial charge in [0.25, 0.3) is 0 Å². The van der Waals surface area contributed by atoms with Crippen LogP contribution in [-0.4, -0.2) is 43.3 Å². The molecule has 0 N–H and O–H groups in total. The average Bonchev–Trinajstić information content (AvgIpc) is 2.67. The molecule has 0 unspecified atom stereocenters. The van der Waals surface area contributed by atoms with Crippen LogP contribution in [0.15, 0.2) is 49.8 Å². The van der Waals surface area contributed by atoms with Gasteiger partial charge in [0.15, 0.2) is 0 Å². The van der Waals surface area contributed by atoms with Gasteiger partial charge in [0.05, 0.1) is 18.8 Å². The van der Waals surface area contributed by atoms with Gasteiger partial charge in [0.2, 0.25) is 0 Å². The summed E-state index contributed by atoms with van der Waals surface area (Å²) >= 11 is 0. The average molecular weight is 378 g/mol. The number of ether oxygens (including phenoxy) is 4. The Labute approximate surface area is 159 Å². The zero-order valence-corrected chi connectivity index (χ0v) is 15.4. The van der Waals surface area contributed by atoms with Crippen LogP contribution in [-0.2, 0) is 33.3 Å². The molecule has 0 spiro atoms. The lowest BCUT2D eigenvalue weighted by Crippen LogP contribution is -2.27. The van der Waals surface area contributed by atoms with E-state index in [1.807, 2.05) is 0 Å². The summed E-state index contributed by atoms with van der Waals surface area (Å²) in [6.07, 6.45) is 8.34. The highest BCUT2D eigenvalue weighted by molar-refractivity contribution is 5.81. The van der Waals surface area contributed by atoms with E-state index in [9.17, 15) is 14.4 Å². The van der Waals surface area contributed by atoms with Crippen molar-refractivity contribution in [3.63, 3.8) is 0 Å². The minimum absolute atomic E-state index is 0.0261. The van der Waals surface area contributed by atoms with E-state index in [4.69, 9.17) is 14.2 Å². The molecule has 1 aliphatic carbocycles. The third-order valence-electron chi connectivity index (χ3n) is 3.78. The van der Waals surface area contributed by atoms with Crippen molar-refractivity contribution in [3.05, 3.63) is 49.8 Å². The summed E-state index contributed by atoms with van der Waals surface area (Å²) in [5.74, 6) is -1.47. The number of carbonyl (C=O) groups is 3. The maximum Gasteiger partial charge on any atom is 0.330 e. The Hall–Kier alpha value is -2.83. The van der Waals surface area contributed by atoms with Gasteiger partial charge < -0.3 is 18.9 Å². The van der Waals surface area contributed by atoms with Gasteiger partial charge in [-0.2, -0.15) is 0 Å². The van der Waals surface area contributed by atoms with Crippen LogP contribution in [0, 0.1) is 0 Å². The maximum atomic E-state index is 11.5. The highest BCUT2D eigenvalue weighted by atomic mass is 16.6. The monoisotopic (exact) mass is 378 g/mol. The van der Waals surface area contributed by atoms with Gasteiger partial charge in [0.1, 0.15) is 19.3 Å². The van der Waals surface area contributed by atoms with Gasteiger partial charge in [0, 0.05) is 12.2 Å². The second-order valence-electron chi connectivity index (χ2n) is 5.92. The molecule has 0 atom stereocenters. The van der Waals surface area contributed by atoms with Crippen LogP contribution >= 0.6 is 0 Å². The molecule has 0 aromatic carbocycles. The second-order valence-corrected chi connectivity index (χ2v) is 5.92. The summed E-state index contributed by atoms with van der Waals surface area (Å²) < 4.78 is 20.5. The molecule has 0 aliphatic heterocycles. The summed E-state index contributed by atoms with van der Waals surface area (Å²) in [4.78, 5) is 33.5. The van der Waals surface area contributed by atoms with Crippen molar-refractivity contribution in [3.8, 4) is 0 Å². The largest absolute Gasteiger partial charge is 0.498 e. The molecule has 0 aromatic rings. The van der Waals surface area contributed by atoms with Crippen LogP contribution in [0.5, 0.6) is 0 Å². The van der Waals surface area contributed by atoms with Crippen molar-refractivity contribution < 1.29 is 33.3 Å². The Bertz CT molecular complexity index is 583. The molecular formula is C20H26O7. The normalized spacial score (nSPS) is 19.0. The van der Waals surface area contributed by atoms with Crippen molar-refractivity contribution in [1.29, 1.82) is 0 Å². The summed E-state index contributed by atoms with van der Waals surface area (Å²) in [5.41, 5.74) is 0.569. The Kier molecular flexibility index (Phi) is 10.3. The van der Waals surface area contributed by atoms with Gasteiger partial charge in [-0.1, -0.05) is 19.7 Å². The van der Waals surface area contributed by atoms with Gasteiger partial charge >= 0.3 is 17.9 Å². The number of rotatable bonds is 11. The fourth-order valence-electron chi connectivity index (χ4n) is 2.33. The lowest BCUT2D eigenvalue weighted by molar-refractivity contribution is -0.147. The standard InChI is InChI=1S/C20H26O7/c1-4-18(21)25-13-11-20(23)26-14-15(3)10-12-24-16-6-8-17(9-7-16)27-19(22)5-2/h4-5,10,12,16-17H,1-3,6-9,11,13-14H2. The minimum atomic E-state index is -0.583. The molecule has 0 amide bonds. The first-order valence-electron chi connectivity index (χ1n) is 8.72. The summed E-state index contributed by atoms with van der Waals surface area (Å²) in [6, 6.07) is 0. The maximum absolute atomic E-state index is 11.5. The van der Waals surface area contributed by atoms with Crippen LogP contribution in [0.1, 0.15) is 32.1 Å². The topological polar surface area (TPSA) is 88.1 Å². The Morgan fingerprint density at radius 1 is 0.926 bits per heavy atom. The van der Waals surface area contributed by atoms with Crippen LogP contribution in [0.25, 0.3) is 0 Å². The SMILES string of the molecule is C=CC(=O)OCCC(=O)OCC(=C)C=COC1CCC(OC(=O)C=C)CC1. The van der Waals surface area contributed by atoms with Crippen LogP contribution < -0.4 is 0 Å². The van der Waals surface area contributed by atoms with E-state index in [2.05, 4.69) is 24.5 Å². The molecule has 0 aromatic heterocycles. The third kappa shape index (κ3) is 10.0. The highest BCUT2D eigenvalue weighted by Gasteiger charge is 2.23. The molecule has 1 rings (SSSR count). The molecule has 7 nitrogen and oxygen atoms in total. The Morgan fingerprint density at radius 2 is 1.56 bits per heavy atom. The first-order chi connectivity index (χ1) is 12.9. The lowest BCUT2D eigenvalue weighted by atomic mass is 9.95. The van der Waals surface area contributed by atoms with E-state index in [1.165, 1.54) is 6.26 Å². The molecule has 1 fully saturated rings. The van der Waals surface area contributed by atoms with Crippen molar-refractivity contribution >= 4 is 17.9 Å². The molecular weight excluding hydrogens is 352 g/mol. The van der Waals surface area contributed by atoms with Crippen LogP contribution in [0.3, 0.4) is 0 Å². The zero-order chi connectivity index (χ0) is 20.1. The molecule has 1 saturated carbocycles. The third-order valence-corrected chi connectivity index (χ3v) is 3.78. The van der Waals surface area contributed by atoms with Crippen molar-refractivity contribution in [2.75, 3.05) is 13.2 Å². The smallest absolute Gasteiger partial charge is 0.330 e. The fourth-order valence-corrected chi connectivity index (χ4v) is 2.33. The first kappa shape index (κ1) is 22.2. The van der Waals surface area contributed by atoms with Gasteiger partial charge in [-0.15, -0.1) is 0 Å². The van der Waals surface area contributed by atoms with Crippen LogP contribution in [0.4, 0.5) is 0 Å². The predicted molar refractivity (Wildman–Crippen MR) is 98.4 cm³/mol. The van der Waals surface area contributed by atoms with E-state index < -0.39 is 17.9 Å². The van der Waals surface area contributed by atoms with E-state index in [0.29, 0.717) is 5.57 Å². The van der Waals surface area contributed by atoms with Crippen molar-refractivity contribution in [1.82, 2.24) is 0 Å². The van der Waals surface area contributed by atoms with Gasteiger partial charge in [-0.25, -0.2) is 9.59 Å². The highest BCUT2D eigenvalue weighted by Crippen LogP contribution is 2.23. The number of esters is 3. The molecule has 1 aliphatic rings. The minimum Gasteiger partial charge on any atom is -0.498 e. The van der Waals surface area contributed by atoms with Crippen molar-refractivity contribution in [2.45, 2.75) is 44.3 Å². The van der Waals surface area contributed by atoms with E-state index in [0.717, 1.165) is 37.8 Å². The number of hydrogen-bond acceptors (Lipinski definition) is 7. The Morgan fingerprint density at radius 3 is 2.19 bits per heavy atom. The van der Waals surface area contributed by atoms with E-state index in [1.54, 1.807) is 6.08 Å². The molecule has 7 heteroatoms. The molecule has 148 valence electrons. The number of carbonyl (C=O) groups excluding carboxylic acids is 3. The molecule has 0 bridgehead atoms. The summed E-state index contributed by atoms with van der Waals surface area (Å²) in [6.45, 7) is 10.4. The lowest BCUT2D eigenvalue weighted by Gasteiger charge is -2.27. The summed E-state index contributed by atoms with van der Waals surface area (Å²) in [7, 11) is 0. The predicted octanol–water partition coefficient (Wildman–Crippen LogP) is 2.78. The number of hydrogen-bond donors (Lipinski definition) is 0. The van der Waals surface area contributed by atoms with E-state index >= 15 is 0 Å². The van der Waals surface area contributed by atoms with E-state index in [-0.39, 0.29) is 31.8 Å². The van der Waals surface area contributed by atoms with Crippen LogP contribution in [0.2, 0.25) is 0 Å². The second kappa shape index (κ2) is 12.5. The first-order valence-corrected chi connectivity index (χ1v) is 8.72. The zero-order valence-electron chi connectivity index (χ0n) is 15.4. The fraction of sp³-hybridized carbons (Fsp3) is 0.450. The quantitative estimate of drug-likeness (QED) is 0.180. The molecule has 0 heterocycles. The Balaban J connectivity index is 2.15. The molecule has 0 saturated heterocycles. The molecule has 27 heavy (non-hydrogen) atoms. The summed E-state index contributed by atoms with van der Waals surface area (Å²) in [5, 5.41) is 0. The van der Waals surface area contributed by atoms with Crippen molar-refractivity contribution in [2.24, 2.45) is 0 Å². The van der Waals surface area contributed by atoms with Gasteiger partial charge in [-0.3, -0.25) is 4.79 Å². The molecule has 0 radical (unpaired) electrons. The van der Waals surface area contributed by atoms with Gasteiger partial charge in [-0.05, 0) is 37.3 Å².